The number of nitrogens with two attached hydrogens (primary N) is 1. The number of carbonyl (C=O) groups is 5. The molecule has 0 saturated carbocycles. The SMILES string of the molecule is CNC(=O)CCCCCNC(=O)C(CSSCCC(=O)NCC#Cc1cn(C2CC(O)C(COP(=O)(O)OP(=O)(O)OP(=O)(O)O)O2)c(=O)nc1N)NC(=O)N[C@H](C=O)CS. The van der Waals surface area contributed by atoms with Crippen LogP contribution in [0, 0.1) is 11.8 Å². The van der Waals surface area contributed by atoms with Gasteiger partial charge in [0.2, 0.25) is 17.7 Å². The van der Waals surface area contributed by atoms with Gasteiger partial charge in [-0.2, -0.15) is 26.2 Å². The molecule has 32 heteroatoms. The fourth-order valence-corrected chi connectivity index (χ4v) is 10.1. The van der Waals surface area contributed by atoms with Crippen LogP contribution in [0.5, 0.6) is 0 Å². The molecule has 26 nitrogen and oxygen atoms in total. The van der Waals surface area contributed by atoms with Crippen molar-refractivity contribution >= 4 is 93.5 Å². The van der Waals surface area contributed by atoms with Crippen LogP contribution in [-0.2, 0) is 50.8 Å². The van der Waals surface area contributed by atoms with Gasteiger partial charge in [0.15, 0.2) is 0 Å². The first-order chi connectivity index (χ1) is 28.6. The van der Waals surface area contributed by atoms with Gasteiger partial charge >= 0.3 is 35.2 Å². The Labute approximate surface area is 361 Å². The number of nitrogens with zero attached hydrogens (tertiary/aromatic N) is 2. The van der Waals surface area contributed by atoms with Crippen LogP contribution in [0.3, 0.4) is 0 Å². The lowest BCUT2D eigenvalue weighted by molar-refractivity contribution is -0.122. The monoisotopic (exact) mass is 984 g/mol. The molecular formula is C29H47N8O18P3S3. The molecule has 1 saturated heterocycles. The molecule has 1 aliphatic rings. The maximum Gasteiger partial charge on any atom is 0.490 e. The van der Waals surface area contributed by atoms with Gasteiger partial charge < -0.3 is 66.5 Å². The van der Waals surface area contributed by atoms with Crippen molar-refractivity contribution in [2.24, 2.45) is 0 Å². The van der Waals surface area contributed by atoms with Crippen LogP contribution in [0.1, 0.15) is 50.3 Å². The summed E-state index contributed by atoms with van der Waals surface area (Å²) in [6.45, 7) is -0.816. The van der Waals surface area contributed by atoms with Gasteiger partial charge in [-0.25, -0.2) is 23.3 Å². The Bertz CT molecular complexity index is 1950. The average Bonchev–Trinajstić information content (AvgIpc) is 3.53. The van der Waals surface area contributed by atoms with E-state index in [0.29, 0.717) is 44.3 Å². The zero-order chi connectivity index (χ0) is 45.8. The van der Waals surface area contributed by atoms with Crippen LogP contribution < -0.4 is 38.0 Å². The van der Waals surface area contributed by atoms with Gasteiger partial charge in [-0.15, -0.1) is 0 Å². The molecule has 0 aromatic carbocycles. The lowest BCUT2D eigenvalue weighted by Crippen LogP contribution is -2.53. The number of ether oxygens (including phenoxy) is 1. The third-order valence-corrected chi connectivity index (χ3v) is 14.2. The zero-order valence-electron chi connectivity index (χ0n) is 32.1. The number of phosphoric ester groups is 1. The summed E-state index contributed by atoms with van der Waals surface area (Å²) < 4.78 is 52.5. The number of amides is 5. The van der Waals surface area contributed by atoms with Gasteiger partial charge in [-0.05, 0) is 12.8 Å². The van der Waals surface area contributed by atoms with Crippen molar-refractivity contribution in [1.29, 1.82) is 0 Å². The number of urea groups is 1. The molecule has 1 aromatic rings. The zero-order valence-corrected chi connectivity index (χ0v) is 37.4. The normalized spacial score (nSPS) is 19.2. The van der Waals surface area contributed by atoms with E-state index >= 15 is 0 Å². The third-order valence-electron chi connectivity index (χ3n) is 7.60. The van der Waals surface area contributed by atoms with E-state index < -0.39 is 78.2 Å². The maximum atomic E-state index is 12.9. The number of hydrogen-bond acceptors (Lipinski definition) is 19. The Hall–Kier alpha value is -3.03. The summed E-state index contributed by atoms with van der Waals surface area (Å²) in [6, 6.07) is -2.59. The Morgan fingerprint density at radius 2 is 1.79 bits per heavy atom. The summed E-state index contributed by atoms with van der Waals surface area (Å²) in [5, 5.41) is 23.2. The molecule has 1 fully saturated rings. The second kappa shape index (κ2) is 26.6. The molecule has 0 spiro atoms. The van der Waals surface area contributed by atoms with E-state index in [9.17, 15) is 57.4 Å². The minimum atomic E-state index is -5.78. The third kappa shape index (κ3) is 21.7. The fourth-order valence-electron chi connectivity index (χ4n) is 4.69. The molecular weight excluding hydrogens is 937 g/mol. The van der Waals surface area contributed by atoms with Crippen molar-refractivity contribution in [2.75, 3.05) is 49.7 Å². The lowest BCUT2D eigenvalue weighted by Gasteiger charge is -2.19. The van der Waals surface area contributed by atoms with Gasteiger partial charge in [0.25, 0.3) is 0 Å². The van der Waals surface area contributed by atoms with Gasteiger partial charge in [-0.1, -0.05) is 39.8 Å². The van der Waals surface area contributed by atoms with Crippen molar-refractivity contribution in [2.45, 2.75) is 69.0 Å². The first kappa shape index (κ1) is 54.1. The van der Waals surface area contributed by atoms with E-state index in [-0.39, 0.29) is 54.1 Å². The summed E-state index contributed by atoms with van der Waals surface area (Å²) in [5.41, 5.74) is 4.92. The molecule has 1 aromatic heterocycles. The Morgan fingerprint density at radius 3 is 2.44 bits per heavy atom. The van der Waals surface area contributed by atoms with E-state index in [1.165, 1.54) is 21.6 Å². The lowest BCUT2D eigenvalue weighted by atomic mass is 10.2. The van der Waals surface area contributed by atoms with Crippen LogP contribution in [0.4, 0.5) is 10.6 Å². The topological polar surface area (TPSA) is 396 Å². The molecule has 0 aliphatic carbocycles. The number of nitrogen functional groups attached to an aromatic ring is 1. The highest BCUT2D eigenvalue weighted by molar-refractivity contribution is 8.76. The molecule has 6 unspecified atom stereocenters. The molecule has 0 radical (unpaired) electrons. The summed E-state index contributed by atoms with van der Waals surface area (Å²) in [5.74, 6) is 4.56. The largest absolute Gasteiger partial charge is 0.490 e. The minimum absolute atomic E-state index is 0.0183. The van der Waals surface area contributed by atoms with Gasteiger partial charge in [0, 0.05) is 56.3 Å². The first-order valence-electron chi connectivity index (χ1n) is 17.7. The fraction of sp³-hybridized carbons (Fsp3) is 0.621. The predicted octanol–water partition coefficient (Wildman–Crippen LogP) is -1.36. The van der Waals surface area contributed by atoms with Crippen molar-refractivity contribution in [3.05, 3.63) is 22.2 Å². The highest BCUT2D eigenvalue weighted by Crippen LogP contribution is 2.66. The number of anilines is 1. The number of aliphatic hydroxyl groups is 1. The molecule has 344 valence electrons. The number of aromatic nitrogens is 2. The quantitative estimate of drug-likeness (QED) is 0.0127. The minimum Gasteiger partial charge on any atom is -0.390 e. The van der Waals surface area contributed by atoms with Crippen LogP contribution >= 0.6 is 57.7 Å². The van der Waals surface area contributed by atoms with E-state index in [1.54, 1.807) is 7.05 Å². The highest BCUT2D eigenvalue weighted by Gasteiger charge is 2.43. The van der Waals surface area contributed by atoms with Crippen molar-refractivity contribution < 1.29 is 80.2 Å². The maximum absolute atomic E-state index is 12.9. The van der Waals surface area contributed by atoms with E-state index in [1.807, 2.05) is 0 Å². The molecule has 1 aliphatic heterocycles. The molecule has 2 heterocycles. The number of thiol groups is 1. The summed E-state index contributed by atoms with van der Waals surface area (Å²) in [6.07, 6.45) is -0.403. The van der Waals surface area contributed by atoms with Crippen molar-refractivity contribution in [3.8, 4) is 11.8 Å². The van der Waals surface area contributed by atoms with Crippen molar-refractivity contribution in [3.63, 3.8) is 0 Å². The van der Waals surface area contributed by atoms with Crippen LogP contribution in [0.15, 0.2) is 11.0 Å². The van der Waals surface area contributed by atoms with Crippen LogP contribution in [0.25, 0.3) is 0 Å². The van der Waals surface area contributed by atoms with Crippen LogP contribution in [-0.4, -0.2) is 133 Å². The van der Waals surface area contributed by atoms with Gasteiger partial charge in [0.05, 0.1) is 30.9 Å². The Kier molecular flexibility index (Phi) is 23.6. The number of rotatable bonds is 26. The van der Waals surface area contributed by atoms with Gasteiger partial charge in [0.1, 0.15) is 30.5 Å². The summed E-state index contributed by atoms with van der Waals surface area (Å²) in [7, 11) is -12.9. The molecule has 0 bridgehead atoms. The second-order valence-corrected chi connectivity index (χ2v) is 19.8. The number of hydrogen-bond donors (Lipinski definition) is 12. The number of unbranched alkanes of at least 4 members (excludes halogenated alkanes) is 2. The van der Waals surface area contributed by atoms with Crippen LogP contribution in [0.2, 0.25) is 0 Å². The van der Waals surface area contributed by atoms with Gasteiger partial charge in [-0.3, -0.25) is 23.5 Å². The van der Waals surface area contributed by atoms with E-state index in [4.69, 9.17) is 20.3 Å². The highest BCUT2D eigenvalue weighted by atomic mass is 33.1. The van der Waals surface area contributed by atoms with E-state index in [2.05, 4.69) is 69.2 Å². The second-order valence-electron chi connectivity index (χ2n) is 12.4. The van der Waals surface area contributed by atoms with E-state index in [0.717, 1.165) is 10.8 Å². The summed E-state index contributed by atoms with van der Waals surface area (Å²) >= 11 is 3.99. The molecule has 61 heavy (non-hydrogen) atoms. The standard InChI is InChI=1S/C29H47N8O18P3S3/c1-31-23(40)7-3-2-4-9-33-27(42)20(35-28(43)34-19(14-38)16-59)17-61-60-11-8-24(41)32-10-5-6-18-13-37(29(44)36-26(18)30)25-12-21(39)22(53-25)15-52-57(48,49)55-58(50,51)54-56(45,46)47/h13-14,19-22,25,39,59H,2-4,7-12,15-17H2,1H3,(H,31,40)(H,32,41)(H,33,42)(H,48,49)(H,50,51)(H2,30,36,44)(H2,34,35,43)(H2,45,46,47)/t19-,20?,21?,22?,25?/m1/s1. The predicted molar refractivity (Wildman–Crippen MR) is 221 cm³/mol. The molecule has 5 amide bonds. The molecule has 2 rings (SSSR count). The summed E-state index contributed by atoms with van der Waals surface area (Å²) in [4.78, 5) is 113. The first-order valence-corrected chi connectivity index (χ1v) is 25.3. The van der Waals surface area contributed by atoms with Crippen molar-refractivity contribution in [1.82, 2.24) is 36.1 Å². The molecule has 7 atom stereocenters. The molecule has 12 N–H and O–H groups in total. The average molecular weight is 985 g/mol. The number of nitrogens with one attached hydrogen (secondary N) is 5. The number of carbonyl (C=O) groups excluding carboxylic acids is 5. The number of aliphatic hydroxyl groups excluding tert-OH is 1. The number of phosphoric acid groups is 3. The smallest absolute Gasteiger partial charge is 0.390 e. The number of aldehydes is 1. The Balaban J connectivity index is 1.87. The Morgan fingerprint density at radius 1 is 1.07 bits per heavy atom.